The van der Waals surface area contributed by atoms with E-state index in [0.29, 0.717) is 11.4 Å². The van der Waals surface area contributed by atoms with E-state index in [1.54, 1.807) is 6.07 Å². The van der Waals surface area contributed by atoms with Crippen molar-refractivity contribution in [3.63, 3.8) is 0 Å². The molecule has 0 amide bonds. The van der Waals surface area contributed by atoms with Crippen molar-refractivity contribution in [1.82, 2.24) is 14.8 Å². The van der Waals surface area contributed by atoms with Crippen LogP contribution in [0.3, 0.4) is 0 Å². The summed E-state index contributed by atoms with van der Waals surface area (Å²) >= 11 is 0. The first-order chi connectivity index (χ1) is 9.16. The molecule has 0 atom stereocenters. The maximum atomic E-state index is 10.9. The molecular weight excluding hydrogens is 246 g/mol. The van der Waals surface area contributed by atoms with Gasteiger partial charge in [0.2, 0.25) is 0 Å². The Labute approximate surface area is 109 Å². The van der Waals surface area contributed by atoms with Gasteiger partial charge in [0, 0.05) is 24.6 Å². The van der Waals surface area contributed by atoms with Gasteiger partial charge in [-0.2, -0.15) is 0 Å². The molecule has 1 aliphatic rings. The third kappa shape index (κ3) is 1.92. The van der Waals surface area contributed by atoms with Crippen LogP contribution in [0.25, 0.3) is 11.4 Å². The second-order valence-electron chi connectivity index (χ2n) is 4.58. The van der Waals surface area contributed by atoms with Gasteiger partial charge in [-0.05, 0) is 25.0 Å². The number of nitrogens with two attached hydrogens (primary N) is 1. The summed E-state index contributed by atoms with van der Waals surface area (Å²) in [7, 11) is 0. The molecule has 0 radical (unpaired) electrons. The molecule has 0 spiro atoms. The SMILES string of the molecule is Nc1ccc(-c2nnc3n2CCCC3)cc1[N+](=O)[O-]. The fraction of sp³-hybridized carbons (Fsp3) is 0.333. The van der Waals surface area contributed by atoms with Gasteiger partial charge in [0.1, 0.15) is 11.5 Å². The fourth-order valence-corrected chi connectivity index (χ4v) is 2.36. The zero-order chi connectivity index (χ0) is 13.4. The van der Waals surface area contributed by atoms with Crippen molar-refractivity contribution in [2.75, 3.05) is 5.73 Å². The molecule has 2 heterocycles. The number of nitro benzene ring substituents is 1. The number of nitrogen functional groups attached to an aromatic ring is 1. The van der Waals surface area contributed by atoms with Crippen molar-refractivity contribution in [3.05, 3.63) is 34.1 Å². The van der Waals surface area contributed by atoms with E-state index in [-0.39, 0.29) is 11.4 Å². The lowest BCUT2D eigenvalue weighted by molar-refractivity contribution is -0.383. The van der Waals surface area contributed by atoms with E-state index in [1.165, 1.54) is 12.1 Å². The predicted octanol–water partition coefficient (Wildman–Crippen LogP) is 1.77. The second-order valence-corrected chi connectivity index (χ2v) is 4.58. The molecule has 0 unspecified atom stereocenters. The standard InChI is InChI=1S/C12H13N5O2/c13-9-5-4-8(7-10(9)17(18)19)12-15-14-11-3-1-2-6-16(11)12/h4-5,7H,1-3,6,13H2. The van der Waals surface area contributed by atoms with Crippen LogP contribution in [0.1, 0.15) is 18.7 Å². The van der Waals surface area contributed by atoms with Crippen LogP contribution in [-0.4, -0.2) is 19.7 Å². The zero-order valence-corrected chi connectivity index (χ0v) is 10.2. The summed E-state index contributed by atoms with van der Waals surface area (Å²) < 4.78 is 2.03. The number of hydrogen-bond acceptors (Lipinski definition) is 5. The molecule has 1 aromatic carbocycles. The maximum Gasteiger partial charge on any atom is 0.292 e. The zero-order valence-electron chi connectivity index (χ0n) is 10.2. The molecule has 2 N–H and O–H groups in total. The molecule has 3 rings (SSSR count). The van der Waals surface area contributed by atoms with Crippen molar-refractivity contribution in [3.8, 4) is 11.4 Å². The van der Waals surface area contributed by atoms with Gasteiger partial charge in [0.15, 0.2) is 5.82 Å². The van der Waals surface area contributed by atoms with E-state index < -0.39 is 4.92 Å². The molecule has 19 heavy (non-hydrogen) atoms. The predicted molar refractivity (Wildman–Crippen MR) is 69.5 cm³/mol. The van der Waals surface area contributed by atoms with E-state index >= 15 is 0 Å². The van der Waals surface area contributed by atoms with Crippen LogP contribution in [0.15, 0.2) is 18.2 Å². The van der Waals surface area contributed by atoms with E-state index in [0.717, 1.165) is 31.6 Å². The number of fused-ring (bicyclic) bond motifs is 1. The van der Waals surface area contributed by atoms with E-state index in [1.807, 2.05) is 4.57 Å². The van der Waals surface area contributed by atoms with Gasteiger partial charge in [-0.25, -0.2) is 0 Å². The highest BCUT2D eigenvalue weighted by Crippen LogP contribution is 2.29. The third-order valence-electron chi connectivity index (χ3n) is 3.34. The summed E-state index contributed by atoms with van der Waals surface area (Å²) in [5.41, 5.74) is 6.35. The Morgan fingerprint density at radius 2 is 2.16 bits per heavy atom. The van der Waals surface area contributed by atoms with Crippen LogP contribution < -0.4 is 5.73 Å². The Kier molecular flexibility index (Phi) is 2.66. The quantitative estimate of drug-likeness (QED) is 0.503. The summed E-state index contributed by atoms with van der Waals surface area (Å²) in [6, 6.07) is 4.74. The minimum atomic E-state index is -0.480. The molecule has 0 aliphatic carbocycles. The highest BCUT2D eigenvalue weighted by atomic mass is 16.6. The van der Waals surface area contributed by atoms with Crippen LogP contribution in [-0.2, 0) is 13.0 Å². The number of nitrogens with zero attached hydrogens (tertiary/aromatic N) is 4. The fourth-order valence-electron chi connectivity index (χ4n) is 2.36. The number of nitro groups is 1. The van der Waals surface area contributed by atoms with Gasteiger partial charge < -0.3 is 10.3 Å². The molecule has 7 heteroatoms. The Bertz CT molecular complexity index is 650. The molecular formula is C12H13N5O2. The summed E-state index contributed by atoms with van der Waals surface area (Å²) in [5, 5.41) is 19.2. The van der Waals surface area contributed by atoms with Crippen LogP contribution in [0.2, 0.25) is 0 Å². The van der Waals surface area contributed by atoms with Crippen molar-refractivity contribution in [2.24, 2.45) is 0 Å². The lowest BCUT2D eigenvalue weighted by atomic mass is 10.1. The third-order valence-corrected chi connectivity index (χ3v) is 3.34. The van der Waals surface area contributed by atoms with Crippen LogP contribution in [0.5, 0.6) is 0 Å². The second kappa shape index (κ2) is 4.34. The number of anilines is 1. The number of rotatable bonds is 2. The Balaban J connectivity index is 2.10. The average molecular weight is 259 g/mol. The van der Waals surface area contributed by atoms with Gasteiger partial charge in [0.25, 0.3) is 5.69 Å². The lowest BCUT2D eigenvalue weighted by Crippen LogP contribution is -2.11. The van der Waals surface area contributed by atoms with Crippen molar-refractivity contribution >= 4 is 11.4 Å². The molecule has 1 aromatic heterocycles. The normalized spacial score (nSPS) is 14.1. The summed E-state index contributed by atoms with van der Waals surface area (Å²) in [6.07, 6.45) is 3.10. The lowest BCUT2D eigenvalue weighted by Gasteiger charge is -2.14. The number of benzene rings is 1. The number of aryl methyl sites for hydroxylation is 1. The molecule has 98 valence electrons. The van der Waals surface area contributed by atoms with Gasteiger partial charge in [-0.3, -0.25) is 10.1 Å². The smallest absolute Gasteiger partial charge is 0.292 e. The van der Waals surface area contributed by atoms with Gasteiger partial charge in [-0.1, -0.05) is 0 Å². The van der Waals surface area contributed by atoms with Crippen LogP contribution in [0.4, 0.5) is 11.4 Å². The molecule has 0 bridgehead atoms. The number of hydrogen-bond donors (Lipinski definition) is 1. The monoisotopic (exact) mass is 259 g/mol. The first-order valence-corrected chi connectivity index (χ1v) is 6.13. The van der Waals surface area contributed by atoms with Crippen molar-refractivity contribution in [2.45, 2.75) is 25.8 Å². The molecule has 0 saturated heterocycles. The molecule has 0 fully saturated rings. The summed E-state index contributed by atoms with van der Waals surface area (Å²) in [6.45, 7) is 0.857. The van der Waals surface area contributed by atoms with Crippen molar-refractivity contribution in [1.29, 1.82) is 0 Å². The molecule has 7 nitrogen and oxygen atoms in total. The Hall–Kier alpha value is -2.44. The number of aromatic nitrogens is 3. The van der Waals surface area contributed by atoms with Crippen LogP contribution >= 0.6 is 0 Å². The van der Waals surface area contributed by atoms with Gasteiger partial charge >= 0.3 is 0 Å². The van der Waals surface area contributed by atoms with Gasteiger partial charge in [0.05, 0.1) is 4.92 Å². The highest BCUT2D eigenvalue weighted by molar-refractivity contribution is 5.68. The average Bonchev–Trinajstić information content (AvgIpc) is 2.83. The minimum absolute atomic E-state index is 0.0920. The van der Waals surface area contributed by atoms with E-state index in [4.69, 9.17) is 5.73 Å². The maximum absolute atomic E-state index is 10.9. The van der Waals surface area contributed by atoms with Gasteiger partial charge in [-0.15, -0.1) is 10.2 Å². The Morgan fingerprint density at radius 3 is 2.95 bits per heavy atom. The van der Waals surface area contributed by atoms with E-state index in [9.17, 15) is 10.1 Å². The minimum Gasteiger partial charge on any atom is -0.393 e. The van der Waals surface area contributed by atoms with E-state index in [2.05, 4.69) is 10.2 Å². The largest absolute Gasteiger partial charge is 0.393 e. The highest BCUT2D eigenvalue weighted by Gasteiger charge is 2.19. The summed E-state index contributed by atoms with van der Waals surface area (Å²) in [5.74, 6) is 1.62. The molecule has 0 saturated carbocycles. The summed E-state index contributed by atoms with van der Waals surface area (Å²) in [4.78, 5) is 10.4. The first kappa shape index (κ1) is 11.6. The van der Waals surface area contributed by atoms with Crippen molar-refractivity contribution < 1.29 is 4.92 Å². The first-order valence-electron chi connectivity index (χ1n) is 6.13. The topological polar surface area (TPSA) is 99.9 Å². The molecule has 1 aliphatic heterocycles. The van der Waals surface area contributed by atoms with Crippen LogP contribution in [0, 0.1) is 10.1 Å². The Morgan fingerprint density at radius 1 is 1.32 bits per heavy atom. The molecule has 2 aromatic rings.